The van der Waals surface area contributed by atoms with Crippen molar-refractivity contribution in [1.29, 1.82) is 0 Å². The first-order valence-corrected chi connectivity index (χ1v) is 12.6. The number of esters is 2. The molecule has 2 heterocycles. The molecule has 3 aromatic rings. The lowest BCUT2D eigenvalue weighted by Gasteiger charge is -2.27. The zero-order valence-corrected chi connectivity index (χ0v) is 23.5. The fraction of sp³-hybridized carbons (Fsp3) is 0.250. The molecule has 0 amide bonds. The molecule has 11 nitrogen and oxygen atoms in total. The van der Waals surface area contributed by atoms with E-state index >= 15 is 0 Å². The van der Waals surface area contributed by atoms with Crippen molar-refractivity contribution >= 4 is 40.7 Å². The third kappa shape index (κ3) is 4.77. The van der Waals surface area contributed by atoms with Gasteiger partial charge < -0.3 is 34.2 Å². The molecule has 0 saturated heterocycles. The molecule has 0 unspecified atom stereocenters. The molecular weight excluding hydrogens is 540 g/mol. The molecule has 40 heavy (non-hydrogen) atoms. The molecule has 0 spiro atoms. The lowest BCUT2D eigenvalue weighted by Crippen LogP contribution is -2.41. The SMILES string of the molecule is COC(=O)C1=C(N)n2c(s/c(=C\c3ccc(OC)c(OC)c3)c2=O)=C(C(=O)OC)[C@@H]1c1ccc(OC)c(OC)c1. The largest absolute Gasteiger partial charge is 0.493 e. The minimum Gasteiger partial charge on any atom is -0.493 e. The van der Waals surface area contributed by atoms with Crippen LogP contribution in [-0.4, -0.2) is 59.2 Å². The summed E-state index contributed by atoms with van der Waals surface area (Å²) in [5, 5.41) is 0. The summed E-state index contributed by atoms with van der Waals surface area (Å²) in [4.78, 5) is 40.1. The number of thiazole rings is 1. The van der Waals surface area contributed by atoms with Crippen LogP contribution in [0, 0.1) is 0 Å². The first-order valence-electron chi connectivity index (χ1n) is 11.8. The number of rotatable bonds is 8. The molecule has 0 bridgehead atoms. The van der Waals surface area contributed by atoms with Crippen molar-refractivity contribution in [1.82, 2.24) is 4.57 Å². The van der Waals surface area contributed by atoms with E-state index in [0.717, 1.165) is 15.9 Å². The van der Waals surface area contributed by atoms with Gasteiger partial charge in [-0.2, -0.15) is 0 Å². The molecule has 210 valence electrons. The Kier molecular flexibility index (Phi) is 8.19. The highest BCUT2D eigenvalue weighted by Gasteiger charge is 2.40. The molecule has 2 aromatic carbocycles. The van der Waals surface area contributed by atoms with Crippen molar-refractivity contribution in [2.24, 2.45) is 5.73 Å². The Balaban J connectivity index is 2.09. The predicted molar refractivity (Wildman–Crippen MR) is 148 cm³/mol. The van der Waals surface area contributed by atoms with Gasteiger partial charge in [-0.15, -0.1) is 11.3 Å². The van der Waals surface area contributed by atoms with E-state index in [2.05, 4.69) is 0 Å². The summed E-state index contributed by atoms with van der Waals surface area (Å²) in [6.07, 6.45) is 1.63. The second-order valence-corrected chi connectivity index (χ2v) is 9.44. The third-order valence-corrected chi connectivity index (χ3v) is 7.51. The van der Waals surface area contributed by atoms with Gasteiger partial charge in [0, 0.05) is 0 Å². The fourth-order valence-electron chi connectivity index (χ4n) is 4.52. The van der Waals surface area contributed by atoms with E-state index in [-0.39, 0.29) is 26.2 Å². The van der Waals surface area contributed by atoms with E-state index in [1.54, 1.807) is 42.5 Å². The van der Waals surface area contributed by atoms with Crippen LogP contribution < -0.4 is 39.4 Å². The van der Waals surface area contributed by atoms with Crippen molar-refractivity contribution in [2.75, 3.05) is 42.7 Å². The van der Waals surface area contributed by atoms with Gasteiger partial charge in [-0.1, -0.05) is 12.1 Å². The molecular formula is C28H28N2O9S. The number of aromatic nitrogens is 1. The van der Waals surface area contributed by atoms with Crippen molar-refractivity contribution < 1.29 is 38.0 Å². The van der Waals surface area contributed by atoms with Gasteiger partial charge in [-0.25, -0.2) is 9.59 Å². The van der Waals surface area contributed by atoms with Crippen molar-refractivity contribution in [3.05, 3.63) is 72.6 Å². The Hall–Kier alpha value is -4.71. The first kappa shape index (κ1) is 28.3. The molecule has 1 aliphatic heterocycles. The molecule has 0 aliphatic carbocycles. The Morgan fingerprint density at radius 2 is 1.35 bits per heavy atom. The average Bonchev–Trinajstić information content (AvgIpc) is 3.30. The van der Waals surface area contributed by atoms with Gasteiger partial charge in [0.1, 0.15) is 10.5 Å². The van der Waals surface area contributed by atoms with Crippen LogP contribution in [0.15, 0.2) is 46.8 Å². The number of nitrogens with zero attached hydrogens (tertiary/aromatic N) is 1. The normalized spacial score (nSPS) is 14.9. The minimum atomic E-state index is -1.04. The highest BCUT2D eigenvalue weighted by Crippen LogP contribution is 2.40. The van der Waals surface area contributed by atoms with E-state index in [1.807, 2.05) is 0 Å². The van der Waals surface area contributed by atoms with Crippen LogP contribution in [0.4, 0.5) is 0 Å². The number of nitrogens with two attached hydrogens (primary N) is 1. The highest BCUT2D eigenvalue weighted by atomic mass is 32.1. The second kappa shape index (κ2) is 11.6. The van der Waals surface area contributed by atoms with Gasteiger partial charge >= 0.3 is 11.9 Å². The summed E-state index contributed by atoms with van der Waals surface area (Å²) in [7, 11) is 8.39. The maximum atomic E-state index is 13.7. The van der Waals surface area contributed by atoms with Crippen LogP contribution >= 0.6 is 11.3 Å². The van der Waals surface area contributed by atoms with Crippen LogP contribution in [0.25, 0.3) is 17.5 Å². The molecule has 1 aliphatic rings. The second-order valence-electron chi connectivity index (χ2n) is 8.41. The van der Waals surface area contributed by atoms with Crippen LogP contribution in [0.1, 0.15) is 17.0 Å². The molecule has 0 fully saturated rings. The summed E-state index contributed by atoms with van der Waals surface area (Å²) in [6.45, 7) is 0. The summed E-state index contributed by atoms with van der Waals surface area (Å²) in [6, 6.07) is 10.1. The number of methoxy groups -OCH3 is 6. The molecule has 12 heteroatoms. The van der Waals surface area contributed by atoms with Gasteiger partial charge in [0.25, 0.3) is 5.56 Å². The molecule has 4 rings (SSSR count). The summed E-state index contributed by atoms with van der Waals surface area (Å²) < 4.78 is 33.2. The van der Waals surface area contributed by atoms with Crippen LogP contribution in [0.5, 0.6) is 23.0 Å². The lowest BCUT2D eigenvalue weighted by atomic mass is 9.83. The van der Waals surface area contributed by atoms with Gasteiger partial charge in [-0.3, -0.25) is 9.36 Å². The zero-order chi connectivity index (χ0) is 29.1. The smallest absolute Gasteiger partial charge is 0.338 e. The van der Waals surface area contributed by atoms with Crippen LogP contribution in [0.3, 0.4) is 0 Å². The quantitative estimate of drug-likeness (QED) is 0.395. The van der Waals surface area contributed by atoms with Crippen LogP contribution in [-0.2, 0) is 19.1 Å². The fourth-order valence-corrected chi connectivity index (χ4v) is 5.69. The number of hydrogen-bond donors (Lipinski definition) is 1. The number of ether oxygens (including phenoxy) is 6. The van der Waals surface area contributed by atoms with Crippen LogP contribution in [0.2, 0.25) is 0 Å². The standard InChI is InChI=1S/C28H28N2O9S/c1-34-16-9-7-14(11-18(16)36-3)12-20-25(31)30-24(29)22(27(32)38-5)21(23(26(30)40-20)28(33)39-6)15-8-10-17(35-2)19(13-15)37-4/h7-13,21H,29H2,1-6H3/b20-12-/t21-/m1/s1. The Labute approximate surface area is 233 Å². The van der Waals surface area contributed by atoms with E-state index in [0.29, 0.717) is 34.1 Å². The number of benzene rings is 2. The summed E-state index contributed by atoms with van der Waals surface area (Å²) >= 11 is 1.04. The summed E-state index contributed by atoms with van der Waals surface area (Å²) in [5.74, 6) is -0.957. The van der Waals surface area contributed by atoms with Crippen molar-refractivity contribution in [3.63, 3.8) is 0 Å². The van der Waals surface area contributed by atoms with Crippen molar-refractivity contribution in [3.8, 4) is 23.0 Å². The van der Waals surface area contributed by atoms with E-state index < -0.39 is 23.4 Å². The number of hydrogen-bond acceptors (Lipinski definition) is 11. The van der Waals surface area contributed by atoms with Gasteiger partial charge in [0.05, 0.1) is 64.3 Å². The topological polar surface area (TPSA) is 138 Å². The molecule has 0 radical (unpaired) electrons. The van der Waals surface area contributed by atoms with E-state index in [1.165, 1.54) is 42.7 Å². The van der Waals surface area contributed by atoms with Crippen molar-refractivity contribution in [2.45, 2.75) is 5.92 Å². The molecule has 1 aromatic heterocycles. The van der Waals surface area contributed by atoms with E-state index in [4.69, 9.17) is 34.2 Å². The monoisotopic (exact) mass is 568 g/mol. The van der Waals surface area contributed by atoms with Gasteiger partial charge in [0.2, 0.25) is 0 Å². The zero-order valence-electron chi connectivity index (χ0n) is 22.7. The lowest BCUT2D eigenvalue weighted by molar-refractivity contribution is -0.136. The predicted octanol–water partition coefficient (Wildman–Crippen LogP) is 1.19. The minimum absolute atomic E-state index is 0.0402. The van der Waals surface area contributed by atoms with Gasteiger partial charge in [-0.05, 0) is 41.5 Å². The Morgan fingerprint density at radius 1 is 0.800 bits per heavy atom. The maximum absolute atomic E-state index is 13.7. The average molecular weight is 569 g/mol. The number of fused-ring (bicyclic) bond motifs is 1. The maximum Gasteiger partial charge on any atom is 0.338 e. The van der Waals surface area contributed by atoms with E-state index in [9.17, 15) is 14.4 Å². The third-order valence-electron chi connectivity index (χ3n) is 6.41. The molecule has 2 N–H and O–H groups in total. The molecule has 0 saturated carbocycles. The first-order chi connectivity index (χ1) is 19.2. The highest BCUT2D eigenvalue weighted by molar-refractivity contribution is 7.07. The molecule has 1 atom stereocenters. The number of carbonyl (C=O) groups excluding carboxylic acids is 2. The van der Waals surface area contributed by atoms with Gasteiger partial charge in [0.15, 0.2) is 23.0 Å². The number of carbonyl (C=O) groups is 2. The Morgan fingerprint density at radius 3 is 1.93 bits per heavy atom. The Bertz CT molecular complexity index is 1700. The summed E-state index contributed by atoms with van der Waals surface area (Å²) in [5.41, 5.74) is 7.02.